The highest BCUT2D eigenvalue weighted by Gasteiger charge is 2.54. The van der Waals surface area contributed by atoms with Crippen LogP contribution in [0.25, 0.3) is 0 Å². The van der Waals surface area contributed by atoms with Gasteiger partial charge in [0.15, 0.2) is 0 Å². The Bertz CT molecular complexity index is 868. The predicted octanol–water partition coefficient (Wildman–Crippen LogP) is 4.40. The molecular weight excluding hydrogens is 372 g/mol. The number of aryl methyl sites for hydroxylation is 1. The summed E-state index contributed by atoms with van der Waals surface area (Å²) < 4.78 is 0. The van der Waals surface area contributed by atoms with Crippen LogP contribution in [0.1, 0.15) is 72.7 Å². The molecular formula is C25H32N4O. The summed E-state index contributed by atoms with van der Waals surface area (Å²) in [4.78, 5) is 26.0. The van der Waals surface area contributed by atoms with Crippen molar-refractivity contribution in [3.05, 3.63) is 59.7 Å². The van der Waals surface area contributed by atoms with E-state index in [1.54, 1.807) is 12.4 Å². The van der Waals surface area contributed by atoms with Crippen LogP contribution >= 0.6 is 0 Å². The molecule has 3 fully saturated rings. The molecule has 1 aromatic heterocycles. The standard InChI is InChI=1S/C25H32N4O/c1-19-16-27-22(17-26-19)24(30)28-14-10-21(11-15-28)29-18-25(12-6-3-7-13-25)23(29)20-8-4-2-5-9-20/h2,4-5,8-9,16-17,21,23H,3,6-7,10-15,18H2,1H3. The first-order chi connectivity index (χ1) is 14.7. The quantitative estimate of drug-likeness (QED) is 0.761. The second-order valence-electron chi connectivity index (χ2n) is 9.47. The number of nitrogens with zero attached hydrogens (tertiary/aromatic N) is 4. The molecule has 5 heteroatoms. The van der Waals surface area contributed by atoms with Crippen LogP contribution in [0, 0.1) is 12.3 Å². The smallest absolute Gasteiger partial charge is 0.274 e. The van der Waals surface area contributed by atoms with Gasteiger partial charge < -0.3 is 4.90 Å². The zero-order valence-corrected chi connectivity index (χ0v) is 18.0. The fourth-order valence-electron chi connectivity index (χ4n) is 6.05. The second-order valence-corrected chi connectivity index (χ2v) is 9.47. The van der Waals surface area contributed by atoms with Crippen molar-refractivity contribution in [3.8, 4) is 0 Å². The molecule has 158 valence electrons. The van der Waals surface area contributed by atoms with Gasteiger partial charge >= 0.3 is 0 Å². The Morgan fingerprint density at radius 3 is 2.40 bits per heavy atom. The number of amides is 1. The maximum Gasteiger partial charge on any atom is 0.274 e. The lowest BCUT2D eigenvalue weighted by Crippen LogP contribution is -2.63. The van der Waals surface area contributed by atoms with E-state index in [0.717, 1.165) is 31.6 Å². The molecule has 2 aromatic rings. The monoisotopic (exact) mass is 404 g/mol. The van der Waals surface area contributed by atoms with E-state index >= 15 is 0 Å². The molecule has 1 atom stereocenters. The number of aromatic nitrogens is 2. The van der Waals surface area contributed by atoms with Crippen LogP contribution in [0.5, 0.6) is 0 Å². The predicted molar refractivity (Wildman–Crippen MR) is 117 cm³/mol. The maximum absolute atomic E-state index is 12.8. The van der Waals surface area contributed by atoms with Crippen LogP contribution in [-0.4, -0.2) is 51.4 Å². The zero-order valence-electron chi connectivity index (χ0n) is 18.0. The van der Waals surface area contributed by atoms with Gasteiger partial charge in [-0.05, 0) is 38.2 Å². The van der Waals surface area contributed by atoms with Gasteiger partial charge in [-0.3, -0.25) is 14.7 Å². The third-order valence-electron chi connectivity index (χ3n) is 7.59. The summed E-state index contributed by atoms with van der Waals surface area (Å²) in [5.41, 5.74) is 3.27. The summed E-state index contributed by atoms with van der Waals surface area (Å²) in [5.74, 6) is 0.0212. The van der Waals surface area contributed by atoms with Gasteiger partial charge in [0, 0.05) is 43.3 Å². The van der Waals surface area contributed by atoms with Crippen LogP contribution in [0.4, 0.5) is 0 Å². The Morgan fingerprint density at radius 1 is 1.00 bits per heavy atom. The highest BCUT2D eigenvalue weighted by Crippen LogP contribution is 2.58. The van der Waals surface area contributed by atoms with E-state index in [-0.39, 0.29) is 5.91 Å². The van der Waals surface area contributed by atoms with Crippen LogP contribution in [0.3, 0.4) is 0 Å². The lowest BCUT2D eigenvalue weighted by molar-refractivity contribution is -0.132. The van der Waals surface area contributed by atoms with Gasteiger partial charge in [0.05, 0.1) is 11.9 Å². The number of carbonyl (C=O) groups excluding carboxylic acids is 1. The average molecular weight is 405 g/mol. The van der Waals surface area contributed by atoms with E-state index in [1.165, 1.54) is 44.2 Å². The van der Waals surface area contributed by atoms with Gasteiger partial charge in [-0.25, -0.2) is 4.98 Å². The van der Waals surface area contributed by atoms with Crippen LogP contribution < -0.4 is 0 Å². The lowest BCUT2D eigenvalue weighted by Gasteiger charge is -2.63. The minimum absolute atomic E-state index is 0.0212. The number of hydrogen-bond donors (Lipinski definition) is 0. The van der Waals surface area contributed by atoms with Crippen molar-refractivity contribution in [2.75, 3.05) is 19.6 Å². The SMILES string of the molecule is Cc1cnc(C(=O)N2CCC(N3CC4(CCCCC4)C3c3ccccc3)CC2)cn1. The Hall–Kier alpha value is -2.27. The molecule has 1 amide bonds. The van der Waals surface area contributed by atoms with Crippen molar-refractivity contribution < 1.29 is 4.79 Å². The first-order valence-corrected chi connectivity index (χ1v) is 11.5. The van der Waals surface area contributed by atoms with Crippen molar-refractivity contribution in [1.82, 2.24) is 19.8 Å². The van der Waals surface area contributed by atoms with Crippen molar-refractivity contribution in [3.63, 3.8) is 0 Å². The van der Waals surface area contributed by atoms with Gasteiger partial charge in [-0.15, -0.1) is 0 Å². The Kier molecular flexibility index (Phi) is 5.32. The first-order valence-electron chi connectivity index (χ1n) is 11.5. The minimum atomic E-state index is 0.0212. The van der Waals surface area contributed by atoms with Crippen molar-refractivity contribution >= 4 is 5.91 Å². The van der Waals surface area contributed by atoms with Crippen LogP contribution in [0.15, 0.2) is 42.7 Å². The van der Waals surface area contributed by atoms with E-state index in [0.29, 0.717) is 23.2 Å². The highest BCUT2D eigenvalue weighted by molar-refractivity contribution is 5.92. The molecule has 1 aromatic carbocycles. The van der Waals surface area contributed by atoms with Crippen LogP contribution in [-0.2, 0) is 0 Å². The molecule has 1 unspecified atom stereocenters. The molecule has 3 aliphatic rings. The number of benzene rings is 1. The third-order valence-corrected chi connectivity index (χ3v) is 7.59. The molecule has 2 aliphatic heterocycles. The third kappa shape index (κ3) is 3.53. The van der Waals surface area contributed by atoms with Crippen molar-refractivity contribution in [1.29, 1.82) is 0 Å². The molecule has 30 heavy (non-hydrogen) atoms. The zero-order chi connectivity index (χ0) is 20.6. The molecule has 2 saturated heterocycles. The van der Waals surface area contributed by atoms with Gasteiger partial charge in [0.25, 0.3) is 5.91 Å². The van der Waals surface area contributed by atoms with Gasteiger partial charge in [-0.2, -0.15) is 0 Å². The first kappa shape index (κ1) is 19.7. The normalized spacial score (nSPS) is 24.6. The molecule has 5 rings (SSSR count). The fraction of sp³-hybridized carbons (Fsp3) is 0.560. The van der Waals surface area contributed by atoms with Crippen molar-refractivity contribution in [2.24, 2.45) is 5.41 Å². The topological polar surface area (TPSA) is 49.3 Å². The number of rotatable bonds is 3. The Balaban J connectivity index is 1.27. The summed E-state index contributed by atoms with van der Waals surface area (Å²) in [7, 11) is 0. The largest absolute Gasteiger partial charge is 0.337 e. The minimum Gasteiger partial charge on any atom is -0.337 e. The van der Waals surface area contributed by atoms with E-state index in [9.17, 15) is 4.79 Å². The molecule has 3 heterocycles. The molecule has 1 aliphatic carbocycles. The Morgan fingerprint density at radius 2 is 1.73 bits per heavy atom. The van der Waals surface area contributed by atoms with Gasteiger partial charge in [0.2, 0.25) is 0 Å². The maximum atomic E-state index is 12.8. The van der Waals surface area contributed by atoms with E-state index in [1.807, 2.05) is 11.8 Å². The van der Waals surface area contributed by atoms with Gasteiger partial charge in [0.1, 0.15) is 5.69 Å². The molecule has 5 nitrogen and oxygen atoms in total. The summed E-state index contributed by atoms with van der Waals surface area (Å²) in [5, 5.41) is 0. The number of piperidine rings is 1. The Labute approximate surface area is 179 Å². The second kappa shape index (κ2) is 8.10. The number of hydrogen-bond acceptors (Lipinski definition) is 4. The van der Waals surface area contributed by atoms with Gasteiger partial charge in [-0.1, -0.05) is 49.6 Å². The molecule has 0 N–H and O–H groups in total. The van der Waals surface area contributed by atoms with Crippen LogP contribution in [0.2, 0.25) is 0 Å². The van der Waals surface area contributed by atoms with E-state index < -0.39 is 0 Å². The van der Waals surface area contributed by atoms with E-state index in [2.05, 4.69) is 45.2 Å². The molecule has 0 bridgehead atoms. The van der Waals surface area contributed by atoms with E-state index in [4.69, 9.17) is 0 Å². The highest BCUT2D eigenvalue weighted by atomic mass is 16.2. The average Bonchev–Trinajstić information content (AvgIpc) is 2.79. The fourth-order valence-corrected chi connectivity index (χ4v) is 6.05. The number of likely N-dealkylation sites (tertiary alicyclic amines) is 2. The number of carbonyl (C=O) groups is 1. The molecule has 1 spiro atoms. The summed E-state index contributed by atoms with van der Waals surface area (Å²) in [6.07, 6.45) is 12.3. The van der Waals surface area contributed by atoms with Crippen molar-refractivity contribution in [2.45, 2.75) is 64.0 Å². The summed E-state index contributed by atoms with van der Waals surface area (Å²) in [6.45, 7) is 4.74. The molecule has 1 saturated carbocycles. The summed E-state index contributed by atoms with van der Waals surface area (Å²) >= 11 is 0. The summed E-state index contributed by atoms with van der Waals surface area (Å²) in [6, 6.07) is 12.3. The lowest BCUT2D eigenvalue weighted by atomic mass is 9.60. The molecule has 0 radical (unpaired) electrons.